The first-order chi connectivity index (χ1) is 9.80. The topological polar surface area (TPSA) is 81.2 Å². The third-order valence-electron chi connectivity index (χ3n) is 2.48. The predicted octanol–water partition coefficient (Wildman–Crippen LogP) is 1.93. The summed E-state index contributed by atoms with van der Waals surface area (Å²) < 4.78 is 10.4. The molecule has 0 atom stereocenters. The van der Waals surface area contributed by atoms with E-state index in [1.165, 1.54) is 0 Å². The molecule has 0 aliphatic carbocycles. The Hall–Kier alpha value is -1.63. The molecule has 1 aromatic heterocycles. The summed E-state index contributed by atoms with van der Waals surface area (Å²) in [5, 5.41) is 6.32. The van der Waals surface area contributed by atoms with Crippen LogP contribution in [0.3, 0.4) is 0 Å². The van der Waals surface area contributed by atoms with Gasteiger partial charge >= 0.3 is 6.01 Å². The molecule has 20 heavy (non-hydrogen) atoms. The van der Waals surface area contributed by atoms with Crippen molar-refractivity contribution in [2.24, 2.45) is 0 Å². The van der Waals surface area contributed by atoms with Crippen LogP contribution < -0.4 is 15.4 Å². The Labute approximate surface area is 120 Å². The Kier molecular flexibility index (Phi) is 8.37. The van der Waals surface area contributed by atoms with Gasteiger partial charge in [0, 0.05) is 26.8 Å². The highest BCUT2D eigenvalue weighted by atomic mass is 16.5. The fourth-order valence-electron chi connectivity index (χ4n) is 1.52. The van der Waals surface area contributed by atoms with E-state index < -0.39 is 0 Å². The van der Waals surface area contributed by atoms with Crippen molar-refractivity contribution in [3.05, 3.63) is 0 Å². The van der Waals surface area contributed by atoms with E-state index in [1.54, 1.807) is 7.11 Å². The molecule has 1 aromatic rings. The van der Waals surface area contributed by atoms with Crippen LogP contribution in [-0.4, -0.2) is 48.4 Å². The van der Waals surface area contributed by atoms with Gasteiger partial charge in [-0.3, -0.25) is 0 Å². The lowest BCUT2D eigenvalue weighted by Crippen LogP contribution is -2.12. The van der Waals surface area contributed by atoms with E-state index in [2.05, 4.69) is 32.5 Å². The predicted molar refractivity (Wildman–Crippen MR) is 79.4 cm³/mol. The zero-order chi connectivity index (χ0) is 14.6. The summed E-state index contributed by atoms with van der Waals surface area (Å²) in [5.74, 6) is 1.09. The van der Waals surface area contributed by atoms with Gasteiger partial charge in [-0.15, -0.1) is 0 Å². The Morgan fingerprint density at radius 1 is 0.950 bits per heavy atom. The van der Waals surface area contributed by atoms with E-state index >= 15 is 0 Å². The van der Waals surface area contributed by atoms with E-state index in [0.717, 1.165) is 39.0 Å². The SMILES string of the molecule is CCCNc1nc(NCCCCOC)nc(OCC)n1. The van der Waals surface area contributed by atoms with Crippen LogP contribution in [0.2, 0.25) is 0 Å². The van der Waals surface area contributed by atoms with Crippen LogP contribution in [0.4, 0.5) is 11.9 Å². The van der Waals surface area contributed by atoms with Gasteiger partial charge in [-0.1, -0.05) is 6.92 Å². The molecule has 0 saturated carbocycles. The number of unbranched alkanes of at least 4 members (excludes halogenated alkanes) is 1. The average Bonchev–Trinajstić information content (AvgIpc) is 2.45. The van der Waals surface area contributed by atoms with E-state index in [1.807, 2.05) is 6.92 Å². The van der Waals surface area contributed by atoms with Gasteiger partial charge in [0.05, 0.1) is 6.61 Å². The fraction of sp³-hybridized carbons (Fsp3) is 0.769. The minimum Gasteiger partial charge on any atom is -0.464 e. The number of ether oxygens (including phenoxy) is 2. The standard InChI is InChI=1S/C13H25N5O2/c1-4-8-14-11-16-12(15-9-6-7-10-19-3)18-13(17-11)20-5-2/h4-10H2,1-3H3,(H2,14,15,16,17,18). The van der Waals surface area contributed by atoms with E-state index in [4.69, 9.17) is 9.47 Å². The molecule has 0 radical (unpaired) electrons. The molecule has 0 unspecified atom stereocenters. The molecule has 0 aliphatic rings. The second-order valence-corrected chi connectivity index (χ2v) is 4.25. The second-order valence-electron chi connectivity index (χ2n) is 4.25. The van der Waals surface area contributed by atoms with Crippen LogP contribution >= 0.6 is 0 Å². The largest absolute Gasteiger partial charge is 0.464 e. The third kappa shape index (κ3) is 6.51. The van der Waals surface area contributed by atoms with Gasteiger partial charge < -0.3 is 20.1 Å². The van der Waals surface area contributed by atoms with Crippen LogP contribution in [0.15, 0.2) is 0 Å². The number of rotatable bonds is 11. The average molecular weight is 283 g/mol. The van der Waals surface area contributed by atoms with Gasteiger partial charge in [0.2, 0.25) is 11.9 Å². The molecule has 0 amide bonds. The second kappa shape index (κ2) is 10.2. The monoisotopic (exact) mass is 283 g/mol. The highest BCUT2D eigenvalue weighted by molar-refractivity contribution is 5.35. The van der Waals surface area contributed by atoms with Crippen molar-refractivity contribution >= 4 is 11.9 Å². The Morgan fingerprint density at radius 3 is 2.25 bits per heavy atom. The van der Waals surface area contributed by atoms with Crippen LogP contribution in [0.25, 0.3) is 0 Å². The molecule has 1 heterocycles. The minimum atomic E-state index is 0.348. The molecule has 0 saturated heterocycles. The highest BCUT2D eigenvalue weighted by Crippen LogP contribution is 2.11. The molecule has 0 aromatic carbocycles. The van der Waals surface area contributed by atoms with Crippen molar-refractivity contribution < 1.29 is 9.47 Å². The summed E-state index contributed by atoms with van der Waals surface area (Å²) in [6, 6.07) is 0.348. The molecular formula is C13H25N5O2. The van der Waals surface area contributed by atoms with Gasteiger partial charge in [-0.05, 0) is 26.2 Å². The maximum Gasteiger partial charge on any atom is 0.323 e. The zero-order valence-electron chi connectivity index (χ0n) is 12.6. The Balaban J connectivity index is 2.55. The lowest BCUT2D eigenvalue weighted by Gasteiger charge is -2.09. The van der Waals surface area contributed by atoms with E-state index in [0.29, 0.717) is 24.5 Å². The van der Waals surface area contributed by atoms with Crippen LogP contribution in [0.1, 0.15) is 33.1 Å². The first-order valence-corrected chi connectivity index (χ1v) is 7.15. The highest BCUT2D eigenvalue weighted by Gasteiger charge is 2.06. The van der Waals surface area contributed by atoms with Gasteiger partial charge in [0.25, 0.3) is 0 Å². The van der Waals surface area contributed by atoms with Gasteiger partial charge in [-0.2, -0.15) is 15.0 Å². The number of nitrogens with zero attached hydrogens (tertiary/aromatic N) is 3. The van der Waals surface area contributed by atoms with Crippen molar-refractivity contribution in [1.82, 2.24) is 15.0 Å². The first kappa shape index (κ1) is 16.4. The summed E-state index contributed by atoms with van der Waals surface area (Å²) in [4.78, 5) is 12.7. The summed E-state index contributed by atoms with van der Waals surface area (Å²) in [7, 11) is 1.71. The summed E-state index contributed by atoms with van der Waals surface area (Å²) in [5.41, 5.74) is 0. The third-order valence-corrected chi connectivity index (χ3v) is 2.48. The first-order valence-electron chi connectivity index (χ1n) is 7.15. The summed E-state index contributed by atoms with van der Waals surface area (Å²) in [6.07, 6.45) is 3.02. The molecule has 0 aliphatic heterocycles. The number of nitrogens with one attached hydrogen (secondary N) is 2. The van der Waals surface area contributed by atoms with E-state index in [9.17, 15) is 0 Å². The zero-order valence-corrected chi connectivity index (χ0v) is 12.6. The van der Waals surface area contributed by atoms with Gasteiger partial charge in [0.15, 0.2) is 0 Å². The van der Waals surface area contributed by atoms with Crippen molar-refractivity contribution in [2.75, 3.05) is 44.0 Å². The van der Waals surface area contributed by atoms with Crippen molar-refractivity contribution in [3.8, 4) is 6.01 Å². The Morgan fingerprint density at radius 2 is 1.65 bits per heavy atom. The molecule has 114 valence electrons. The fourth-order valence-corrected chi connectivity index (χ4v) is 1.52. The Bertz CT molecular complexity index is 376. The lowest BCUT2D eigenvalue weighted by atomic mass is 10.3. The van der Waals surface area contributed by atoms with Crippen molar-refractivity contribution in [3.63, 3.8) is 0 Å². The number of aromatic nitrogens is 3. The van der Waals surface area contributed by atoms with Gasteiger partial charge in [0.1, 0.15) is 0 Å². The smallest absolute Gasteiger partial charge is 0.323 e. The number of hydrogen-bond donors (Lipinski definition) is 2. The number of methoxy groups -OCH3 is 1. The number of anilines is 2. The van der Waals surface area contributed by atoms with Crippen LogP contribution in [-0.2, 0) is 4.74 Å². The van der Waals surface area contributed by atoms with Crippen LogP contribution in [0, 0.1) is 0 Å². The molecule has 1 rings (SSSR count). The molecule has 2 N–H and O–H groups in total. The molecule has 0 spiro atoms. The number of hydrogen-bond acceptors (Lipinski definition) is 7. The molecule has 7 nitrogen and oxygen atoms in total. The molecule has 0 fully saturated rings. The quantitative estimate of drug-likeness (QED) is 0.600. The molecule has 7 heteroatoms. The summed E-state index contributed by atoms with van der Waals surface area (Å²) >= 11 is 0. The van der Waals surface area contributed by atoms with Crippen LogP contribution in [0.5, 0.6) is 6.01 Å². The normalized spacial score (nSPS) is 10.3. The van der Waals surface area contributed by atoms with Crippen molar-refractivity contribution in [2.45, 2.75) is 33.1 Å². The lowest BCUT2D eigenvalue weighted by molar-refractivity contribution is 0.193. The molecular weight excluding hydrogens is 258 g/mol. The van der Waals surface area contributed by atoms with Crippen molar-refractivity contribution in [1.29, 1.82) is 0 Å². The maximum absolute atomic E-state index is 5.35. The molecule has 0 bridgehead atoms. The maximum atomic E-state index is 5.35. The summed E-state index contributed by atoms with van der Waals surface area (Å²) in [6.45, 7) is 6.92. The van der Waals surface area contributed by atoms with Gasteiger partial charge in [-0.25, -0.2) is 0 Å². The minimum absolute atomic E-state index is 0.348. The van der Waals surface area contributed by atoms with E-state index in [-0.39, 0.29) is 0 Å².